The molecule has 0 unspecified atom stereocenters. The van der Waals surface area contributed by atoms with E-state index in [-0.39, 0.29) is 23.6 Å². The van der Waals surface area contributed by atoms with E-state index in [2.05, 4.69) is 22.2 Å². The number of hydrogen-bond donors (Lipinski definition) is 1. The minimum Gasteiger partial charge on any atom is -0.384 e. The van der Waals surface area contributed by atoms with E-state index in [1.54, 1.807) is 0 Å². The van der Waals surface area contributed by atoms with Gasteiger partial charge < -0.3 is 19.1 Å². The van der Waals surface area contributed by atoms with Gasteiger partial charge in [-0.3, -0.25) is 9.59 Å². The van der Waals surface area contributed by atoms with Gasteiger partial charge in [0.2, 0.25) is 5.91 Å². The predicted octanol–water partition coefficient (Wildman–Crippen LogP) is 1.96. The summed E-state index contributed by atoms with van der Waals surface area (Å²) >= 11 is 0. The SMILES string of the molecule is O=C(CCc1cc(=O)[nH]o1)N1CCO[C@@H](CN2CCCC2)[C@@H]1c1ccccc1. The van der Waals surface area contributed by atoms with Gasteiger partial charge in [0.15, 0.2) is 0 Å². The number of amides is 1. The first-order valence-electron chi connectivity index (χ1n) is 10.1. The summed E-state index contributed by atoms with van der Waals surface area (Å²) in [6.45, 7) is 4.17. The molecule has 150 valence electrons. The number of rotatable bonds is 6. The zero-order valence-corrected chi connectivity index (χ0v) is 16.0. The monoisotopic (exact) mass is 385 g/mol. The van der Waals surface area contributed by atoms with Crippen molar-refractivity contribution in [3.8, 4) is 0 Å². The second-order valence-corrected chi connectivity index (χ2v) is 7.54. The van der Waals surface area contributed by atoms with Crippen molar-refractivity contribution in [3.05, 3.63) is 58.1 Å². The summed E-state index contributed by atoms with van der Waals surface area (Å²) in [6.07, 6.45) is 3.14. The lowest BCUT2D eigenvalue weighted by Crippen LogP contribution is -2.51. The van der Waals surface area contributed by atoms with Crippen LogP contribution in [0.2, 0.25) is 0 Å². The number of H-pyrrole nitrogens is 1. The van der Waals surface area contributed by atoms with Crippen molar-refractivity contribution in [1.29, 1.82) is 0 Å². The molecule has 28 heavy (non-hydrogen) atoms. The first-order valence-corrected chi connectivity index (χ1v) is 10.1. The molecule has 7 nitrogen and oxygen atoms in total. The predicted molar refractivity (Wildman–Crippen MR) is 104 cm³/mol. The van der Waals surface area contributed by atoms with Crippen LogP contribution in [0.25, 0.3) is 0 Å². The normalized spacial score (nSPS) is 23.2. The van der Waals surface area contributed by atoms with Gasteiger partial charge in [0, 0.05) is 32.0 Å². The Hall–Kier alpha value is -2.38. The third kappa shape index (κ3) is 4.36. The Balaban J connectivity index is 1.51. The average Bonchev–Trinajstić information content (AvgIpc) is 3.38. The van der Waals surface area contributed by atoms with Crippen LogP contribution in [0.15, 0.2) is 45.7 Å². The van der Waals surface area contributed by atoms with Crippen molar-refractivity contribution in [3.63, 3.8) is 0 Å². The number of nitrogens with one attached hydrogen (secondary N) is 1. The molecule has 1 aromatic heterocycles. The summed E-state index contributed by atoms with van der Waals surface area (Å²) in [5.74, 6) is 0.573. The van der Waals surface area contributed by atoms with Gasteiger partial charge in [-0.25, -0.2) is 0 Å². The molecule has 2 aliphatic rings. The van der Waals surface area contributed by atoms with E-state index in [1.165, 1.54) is 18.9 Å². The summed E-state index contributed by atoms with van der Waals surface area (Å²) in [7, 11) is 0. The fourth-order valence-corrected chi connectivity index (χ4v) is 4.25. The molecule has 1 N–H and O–H groups in total. The number of morpholine rings is 1. The number of nitrogens with zero attached hydrogens (tertiary/aromatic N) is 2. The molecular formula is C21H27N3O4. The number of likely N-dealkylation sites (tertiary alicyclic amines) is 1. The van der Waals surface area contributed by atoms with Crippen LogP contribution in [-0.2, 0) is 16.0 Å². The smallest absolute Gasteiger partial charge is 0.280 e. The van der Waals surface area contributed by atoms with Gasteiger partial charge in [0.25, 0.3) is 5.56 Å². The average molecular weight is 385 g/mol. The molecule has 2 fully saturated rings. The molecule has 2 saturated heterocycles. The van der Waals surface area contributed by atoms with Gasteiger partial charge in [-0.2, -0.15) is 5.16 Å². The number of carbonyl (C=O) groups is 1. The van der Waals surface area contributed by atoms with Crippen LogP contribution in [0, 0.1) is 0 Å². The van der Waals surface area contributed by atoms with Crippen LogP contribution in [0.5, 0.6) is 0 Å². The molecule has 0 saturated carbocycles. The van der Waals surface area contributed by atoms with Gasteiger partial charge >= 0.3 is 0 Å². The van der Waals surface area contributed by atoms with Crippen molar-refractivity contribution in [1.82, 2.24) is 15.0 Å². The van der Waals surface area contributed by atoms with E-state index in [4.69, 9.17) is 9.26 Å². The molecule has 2 aromatic rings. The van der Waals surface area contributed by atoms with Crippen molar-refractivity contribution >= 4 is 5.91 Å². The van der Waals surface area contributed by atoms with Crippen LogP contribution >= 0.6 is 0 Å². The highest BCUT2D eigenvalue weighted by Crippen LogP contribution is 2.31. The second-order valence-electron chi connectivity index (χ2n) is 7.54. The number of hydrogen-bond acceptors (Lipinski definition) is 5. The molecule has 1 amide bonds. The molecular weight excluding hydrogens is 358 g/mol. The van der Waals surface area contributed by atoms with Crippen molar-refractivity contribution in [2.45, 2.75) is 37.8 Å². The fourth-order valence-electron chi connectivity index (χ4n) is 4.25. The van der Waals surface area contributed by atoms with Crippen LogP contribution in [0.4, 0.5) is 0 Å². The number of aryl methyl sites for hydroxylation is 1. The fraction of sp³-hybridized carbons (Fsp3) is 0.524. The summed E-state index contributed by atoms with van der Waals surface area (Å²) in [5.41, 5.74) is 0.828. The quantitative estimate of drug-likeness (QED) is 0.822. The lowest BCUT2D eigenvalue weighted by molar-refractivity contribution is -0.148. The van der Waals surface area contributed by atoms with Crippen LogP contribution in [0.1, 0.15) is 36.6 Å². The van der Waals surface area contributed by atoms with Gasteiger partial charge in [-0.15, -0.1) is 0 Å². The standard InChI is InChI=1S/C21H27N3O4/c25-19-14-17(28-22-19)8-9-20(26)24-12-13-27-18(15-23-10-4-5-11-23)21(24)16-6-2-1-3-7-16/h1-3,6-7,14,18,21H,4-5,8-13,15H2,(H,22,25)/t18-,21-/m0/s1. The number of benzene rings is 1. The maximum Gasteiger partial charge on any atom is 0.280 e. The van der Waals surface area contributed by atoms with Gasteiger partial charge in [-0.1, -0.05) is 30.3 Å². The Morgan fingerprint density at radius 2 is 1.93 bits per heavy atom. The Kier molecular flexibility index (Phi) is 5.92. The molecule has 7 heteroatoms. The number of aromatic amines is 1. The highest BCUT2D eigenvalue weighted by atomic mass is 16.5. The molecule has 3 heterocycles. The molecule has 1 aromatic carbocycles. The molecule has 0 bridgehead atoms. The highest BCUT2D eigenvalue weighted by molar-refractivity contribution is 5.77. The molecule has 0 aliphatic carbocycles. The summed E-state index contributed by atoms with van der Waals surface area (Å²) in [4.78, 5) is 28.7. The number of ether oxygens (including phenoxy) is 1. The second kappa shape index (κ2) is 8.75. The van der Waals surface area contributed by atoms with E-state index < -0.39 is 0 Å². The van der Waals surface area contributed by atoms with E-state index in [0.29, 0.717) is 31.8 Å². The molecule has 4 rings (SSSR count). The zero-order chi connectivity index (χ0) is 19.3. The Morgan fingerprint density at radius 3 is 2.64 bits per heavy atom. The lowest BCUT2D eigenvalue weighted by atomic mass is 9.96. The molecule has 2 atom stereocenters. The van der Waals surface area contributed by atoms with E-state index in [9.17, 15) is 9.59 Å². The van der Waals surface area contributed by atoms with Gasteiger partial charge in [0.05, 0.1) is 18.8 Å². The van der Waals surface area contributed by atoms with Crippen molar-refractivity contribution in [2.24, 2.45) is 0 Å². The summed E-state index contributed by atoms with van der Waals surface area (Å²) < 4.78 is 11.2. The minimum absolute atomic E-state index is 0.0385. The Labute approximate surface area is 164 Å². The lowest BCUT2D eigenvalue weighted by Gasteiger charge is -2.43. The summed E-state index contributed by atoms with van der Waals surface area (Å²) in [6, 6.07) is 11.5. The van der Waals surface area contributed by atoms with Crippen LogP contribution < -0.4 is 5.56 Å². The van der Waals surface area contributed by atoms with Crippen LogP contribution in [-0.4, -0.2) is 59.8 Å². The third-order valence-corrected chi connectivity index (χ3v) is 5.61. The van der Waals surface area contributed by atoms with Gasteiger partial charge in [0.1, 0.15) is 5.76 Å². The highest BCUT2D eigenvalue weighted by Gasteiger charge is 2.37. The van der Waals surface area contributed by atoms with E-state index >= 15 is 0 Å². The molecule has 0 spiro atoms. The summed E-state index contributed by atoms with van der Waals surface area (Å²) in [5, 5.41) is 2.27. The first kappa shape index (κ1) is 19.0. The Morgan fingerprint density at radius 1 is 1.14 bits per heavy atom. The minimum atomic E-state index is -0.276. The Bertz CT molecular complexity index is 825. The van der Waals surface area contributed by atoms with Gasteiger partial charge in [-0.05, 0) is 31.5 Å². The topological polar surface area (TPSA) is 78.8 Å². The zero-order valence-electron chi connectivity index (χ0n) is 16.0. The van der Waals surface area contributed by atoms with Crippen molar-refractivity contribution < 1.29 is 14.1 Å². The third-order valence-electron chi connectivity index (χ3n) is 5.61. The number of aromatic nitrogens is 1. The first-order chi connectivity index (χ1) is 13.7. The van der Waals surface area contributed by atoms with E-state index in [0.717, 1.165) is 25.2 Å². The van der Waals surface area contributed by atoms with Crippen molar-refractivity contribution in [2.75, 3.05) is 32.8 Å². The van der Waals surface area contributed by atoms with E-state index in [1.807, 2.05) is 23.1 Å². The largest absolute Gasteiger partial charge is 0.384 e. The molecule has 0 radical (unpaired) electrons. The van der Waals surface area contributed by atoms with Crippen LogP contribution in [0.3, 0.4) is 0 Å². The molecule has 2 aliphatic heterocycles. The maximum absolute atomic E-state index is 13.1. The maximum atomic E-state index is 13.1. The number of carbonyl (C=O) groups excluding carboxylic acids is 1.